The summed E-state index contributed by atoms with van der Waals surface area (Å²) in [5.74, 6) is 0.00164. The van der Waals surface area contributed by atoms with Crippen molar-refractivity contribution >= 4 is 49.6 Å². The third-order valence-electron chi connectivity index (χ3n) is 6.24. The molecule has 1 aliphatic heterocycles. The van der Waals surface area contributed by atoms with Crippen LogP contribution in [-0.4, -0.2) is 63.4 Å². The molecule has 186 valence electrons. The maximum absolute atomic E-state index is 12.9. The van der Waals surface area contributed by atoms with Gasteiger partial charge >= 0.3 is 5.97 Å². The molecule has 8 nitrogen and oxygen atoms in total. The maximum atomic E-state index is 12.9. The lowest BCUT2D eigenvalue weighted by Gasteiger charge is -2.30. The fourth-order valence-corrected chi connectivity index (χ4v) is 8.48. The molecule has 2 N–H and O–H groups in total. The van der Waals surface area contributed by atoms with Crippen molar-refractivity contribution in [3.63, 3.8) is 0 Å². The number of amides is 1. The van der Waals surface area contributed by atoms with E-state index < -0.39 is 10.0 Å². The van der Waals surface area contributed by atoms with Gasteiger partial charge in [-0.3, -0.25) is 4.79 Å². The number of esters is 1. The van der Waals surface area contributed by atoms with Crippen LogP contribution < -0.4 is 10.2 Å². The lowest BCUT2D eigenvalue weighted by molar-refractivity contribution is -0.895. The molecule has 0 saturated carbocycles. The molecule has 1 aliphatic carbocycles. The van der Waals surface area contributed by atoms with Crippen molar-refractivity contribution < 1.29 is 27.6 Å². The van der Waals surface area contributed by atoms with Gasteiger partial charge < -0.3 is 15.0 Å². The van der Waals surface area contributed by atoms with Crippen LogP contribution in [0.1, 0.15) is 48.0 Å². The average molecular weight is 527 g/mol. The number of piperazine rings is 1. The summed E-state index contributed by atoms with van der Waals surface area (Å²) in [5.41, 5.74) is 1.53. The van der Waals surface area contributed by atoms with Crippen LogP contribution in [0.3, 0.4) is 0 Å². The highest BCUT2D eigenvalue weighted by Crippen LogP contribution is 2.40. The molecule has 4 rings (SSSR count). The van der Waals surface area contributed by atoms with Crippen LogP contribution in [0, 0.1) is 5.92 Å². The molecule has 0 aromatic carbocycles. The number of carbonyl (C=O) groups excluding carboxylic acids is 2. The summed E-state index contributed by atoms with van der Waals surface area (Å²) < 4.78 is 32.8. The molecule has 1 saturated heterocycles. The third kappa shape index (κ3) is 5.54. The monoisotopic (exact) mass is 526 g/mol. The molecule has 1 fully saturated rings. The fourth-order valence-electron chi connectivity index (χ4n) is 4.48. The van der Waals surface area contributed by atoms with Gasteiger partial charge in [0.2, 0.25) is 0 Å². The first-order chi connectivity index (χ1) is 16.1. The van der Waals surface area contributed by atoms with Crippen molar-refractivity contribution in [2.24, 2.45) is 5.92 Å². The van der Waals surface area contributed by atoms with Crippen LogP contribution in [-0.2, 0) is 32.4 Å². The lowest BCUT2D eigenvalue weighted by atomic mass is 9.88. The zero-order chi connectivity index (χ0) is 24.5. The third-order valence-corrected chi connectivity index (χ3v) is 10.7. The predicted octanol–water partition coefficient (Wildman–Crippen LogP) is 2.03. The van der Waals surface area contributed by atoms with Gasteiger partial charge in [0.15, 0.2) is 6.54 Å². The highest BCUT2D eigenvalue weighted by atomic mass is 32.2. The number of fused-ring (bicyclic) bond motifs is 1. The molecule has 2 aromatic rings. The van der Waals surface area contributed by atoms with Crippen molar-refractivity contribution in [2.45, 2.75) is 50.3 Å². The van der Waals surface area contributed by atoms with Crippen LogP contribution >= 0.6 is 22.7 Å². The number of quaternary nitrogens is 1. The minimum Gasteiger partial charge on any atom is -0.459 e. The van der Waals surface area contributed by atoms with E-state index in [9.17, 15) is 18.0 Å². The topological polar surface area (TPSA) is 97.2 Å². The minimum atomic E-state index is -3.46. The van der Waals surface area contributed by atoms with Crippen LogP contribution in [0.15, 0.2) is 21.7 Å². The summed E-state index contributed by atoms with van der Waals surface area (Å²) in [6.45, 7) is 7.92. The van der Waals surface area contributed by atoms with E-state index in [-0.39, 0.29) is 24.5 Å². The number of anilines is 1. The van der Waals surface area contributed by atoms with Crippen molar-refractivity contribution in [3.8, 4) is 0 Å². The second-order valence-electron chi connectivity index (χ2n) is 9.32. The zero-order valence-electron chi connectivity index (χ0n) is 19.8. The molecule has 0 spiro atoms. The predicted molar refractivity (Wildman–Crippen MR) is 133 cm³/mol. The summed E-state index contributed by atoms with van der Waals surface area (Å²) in [7, 11) is -3.46. The van der Waals surface area contributed by atoms with Crippen molar-refractivity contribution in [2.75, 3.05) is 38.0 Å². The van der Waals surface area contributed by atoms with Crippen LogP contribution in [0.2, 0.25) is 0 Å². The van der Waals surface area contributed by atoms with E-state index >= 15 is 0 Å². The van der Waals surface area contributed by atoms with Gasteiger partial charge in [-0.2, -0.15) is 4.31 Å². The van der Waals surface area contributed by atoms with Crippen molar-refractivity contribution in [3.05, 3.63) is 33.5 Å². The Morgan fingerprint density at radius 1 is 1.29 bits per heavy atom. The smallest absolute Gasteiger partial charge is 0.341 e. The highest BCUT2D eigenvalue weighted by Gasteiger charge is 2.33. The maximum Gasteiger partial charge on any atom is 0.341 e. The molecule has 0 unspecified atom stereocenters. The van der Waals surface area contributed by atoms with Gasteiger partial charge in [0.1, 0.15) is 9.21 Å². The zero-order valence-corrected chi connectivity index (χ0v) is 22.2. The summed E-state index contributed by atoms with van der Waals surface area (Å²) >= 11 is 2.70. The Bertz CT molecular complexity index is 1130. The van der Waals surface area contributed by atoms with Crippen LogP contribution in [0.4, 0.5) is 5.00 Å². The Hall–Kier alpha value is -1.79. The molecular formula is C23H32N3O5S3+. The van der Waals surface area contributed by atoms with E-state index in [1.54, 1.807) is 17.5 Å². The fraction of sp³-hybridized carbons (Fsp3) is 0.565. The molecule has 34 heavy (non-hydrogen) atoms. The molecule has 3 heterocycles. The van der Waals surface area contributed by atoms with E-state index in [1.165, 1.54) is 27.0 Å². The first-order valence-electron chi connectivity index (χ1n) is 11.7. The molecule has 1 atom stereocenters. The van der Waals surface area contributed by atoms with E-state index in [2.05, 4.69) is 12.2 Å². The molecule has 2 aliphatic rings. The first-order valence-corrected chi connectivity index (χ1v) is 14.8. The van der Waals surface area contributed by atoms with Gasteiger partial charge in [0.05, 0.1) is 37.8 Å². The van der Waals surface area contributed by atoms with Crippen LogP contribution in [0.5, 0.6) is 0 Å². The first kappa shape index (κ1) is 25.3. The number of nitrogens with one attached hydrogen (secondary N) is 2. The Morgan fingerprint density at radius 2 is 2.03 bits per heavy atom. The number of rotatable bonds is 7. The molecular weight excluding hydrogens is 494 g/mol. The average Bonchev–Trinajstić information content (AvgIpc) is 3.41. The number of hydrogen-bond acceptors (Lipinski definition) is 7. The lowest BCUT2D eigenvalue weighted by Crippen LogP contribution is -3.15. The van der Waals surface area contributed by atoms with Gasteiger partial charge in [-0.15, -0.1) is 22.7 Å². The second-order valence-corrected chi connectivity index (χ2v) is 13.5. The quantitative estimate of drug-likeness (QED) is 0.538. The Labute approximate surface area is 208 Å². The van der Waals surface area contributed by atoms with E-state index in [0.29, 0.717) is 46.9 Å². The summed E-state index contributed by atoms with van der Waals surface area (Å²) in [6.07, 6.45) is 2.50. The molecule has 0 radical (unpaired) electrons. The highest BCUT2D eigenvalue weighted by molar-refractivity contribution is 7.91. The molecule has 2 aromatic heterocycles. The van der Waals surface area contributed by atoms with Crippen LogP contribution in [0.25, 0.3) is 0 Å². The summed E-state index contributed by atoms with van der Waals surface area (Å²) in [5, 5.41) is 5.31. The molecule has 11 heteroatoms. The molecule has 1 amide bonds. The number of sulfonamides is 1. The van der Waals surface area contributed by atoms with Gasteiger partial charge in [0, 0.05) is 4.88 Å². The molecule has 0 bridgehead atoms. The minimum absolute atomic E-state index is 0.171. The number of nitrogens with zero attached hydrogens (tertiary/aromatic N) is 1. The Morgan fingerprint density at radius 3 is 2.68 bits per heavy atom. The number of thiophene rings is 2. The van der Waals surface area contributed by atoms with E-state index in [0.717, 1.165) is 34.6 Å². The Balaban J connectivity index is 1.40. The van der Waals surface area contributed by atoms with Gasteiger partial charge in [-0.05, 0) is 56.0 Å². The van der Waals surface area contributed by atoms with Crippen molar-refractivity contribution in [1.29, 1.82) is 0 Å². The normalized spacial score (nSPS) is 19.7. The number of ether oxygens (including phenoxy) is 1. The van der Waals surface area contributed by atoms with Crippen molar-refractivity contribution in [1.82, 2.24) is 4.31 Å². The summed E-state index contributed by atoms with van der Waals surface area (Å²) in [4.78, 5) is 27.9. The van der Waals surface area contributed by atoms with E-state index in [1.807, 2.05) is 13.8 Å². The number of carbonyl (C=O) groups is 2. The number of hydrogen-bond donors (Lipinski definition) is 2. The van der Waals surface area contributed by atoms with Gasteiger partial charge in [-0.25, -0.2) is 13.2 Å². The standard InChI is InChI=1S/C23H31N3O5S3/c1-15(2)31-23(28)21-17-7-6-16(3)13-18(17)33-22(21)24-19(27)14-25-8-10-26(11-9-25)34(29,30)20-5-4-12-32-20/h4-5,12,15-16H,6-11,13-14H2,1-3H3,(H,24,27)/p+1/t16-/m1/s1. The van der Waals surface area contributed by atoms with E-state index in [4.69, 9.17) is 4.74 Å². The SMILES string of the molecule is CC(C)OC(=O)c1c(NC(=O)C[NH+]2CCN(S(=O)(=O)c3cccs3)CC2)sc2c1CC[C@@H](C)C2. The van der Waals surface area contributed by atoms with Gasteiger partial charge in [-0.1, -0.05) is 13.0 Å². The second kappa shape index (κ2) is 10.4. The largest absolute Gasteiger partial charge is 0.459 e. The van der Waals surface area contributed by atoms with Gasteiger partial charge in [0.25, 0.3) is 15.9 Å². The Kier molecular flexibility index (Phi) is 7.78. The summed E-state index contributed by atoms with van der Waals surface area (Å²) in [6, 6.07) is 3.35.